The van der Waals surface area contributed by atoms with Crippen LogP contribution in [0.1, 0.15) is 22.8 Å². The molecule has 9 heteroatoms. The Morgan fingerprint density at radius 2 is 1.70 bits per heavy atom. The van der Waals surface area contributed by atoms with Crippen LogP contribution in [0.15, 0.2) is 48.9 Å². The second kappa shape index (κ2) is 7.56. The highest BCUT2D eigenvalue weighted by Gasteiger charge is 2.23. The number of carbonyl (C=O) groups excluding carboxylic acids is 1. The number of pyridine rings is 1. The van der Waals surface area contributed by atoms with Crippen LogP contribution in [0.3, 0.4) is 0 Å². The first kappa shape index (κ1) is 17.9. The number of benzene rings is 1. The van der Waals surface area contributed by atoms with Gasteiger partial charge in [0.25, 0.3) is 0 Å². The number of Topliss-reactive ketones (excluding diaryl/α,β-unsaturated/α-hetero) is 1. The number of nitro groups is 1. The fourth-order valence-corrected chi connectivity index (χ4v) is 2.39. The standard InChI is InChI=1S/C18H16N6O3/c1-11-7-8-19-15(9-11)23-18-16(24(26)27)17(20-10-21-18)22-14-5-3-13(4-6-14)12(2)25/h3-10H,1-2H3,(H2,19,20,21,22,23). The summed E-state index contributed by atoms with van der Waals surface area (Å²) in [4.78, 5) is 34.5. The minimum atomic E-state index is -0.565. The second-order valence-corrected chi connectivity index (χ2v) is 5.78. The molecule has 3 rings (SSSR count). The number of ketones is 1. The molecule has 2 aromatic heterocycles. The van der Waals surface area contributed by atoms with E-state index < -0.39 is 4.92 Å². The lowest BCUT2D eigenvalue weighted by Gasteiger charge is -2.10. The molecule has 0 saturated carbocycles. The van der Waals surface area contributed by atoms with Crippen molar-refractivity contribution in [3.8, 4) is 0 Å². The van der Waals surface area contributed by atoms with Crippen LogP contribution < -0.4 is 10.6 Å². The average Bonchev–Trinajstić information content (AvgIpc) is 2.62. The summed E-state index contributed by atoms with van der Waals surface area (Å²) in [7, 11) is 0. The summed E-state index contributed by atoms with van der Waals surface area (Å²) in [5.74, 6) is 0.428. The lowest BCUT2D eigenvalue weighted by atomic mass is 10.1. The van der Waals surface area contributed by atoms with Crippen molar-refractivity contribution in [2.75, 3.05) is 10.6 Å². The van der Waals surface area contributed by atoms with Crippen molar-refractivity contribution >= 4 is 34.6 Å². The van der Waals surface area contributed by atoms with E-state index in [0.29, 0.717) is 17.1 Å². The molecule has 3 aromatic rings. The van der Waals surface area contributed by atoms with Gasteiger partial charge in [-0.25, -0.2) is 15.0 Å². The third-order valence-corrected chi connectivity index (χ3v) is 3.72. The average molecular weight is 364 g/mol. The Morgan fingerprint density at radius 3 is 2.30 bits per heavy atom. The van der Waals surface area contributed by atoms with Crippen molar-refractivity contribution < 1.29 is 9.72 Å². The highest BCUT2D eigenvalue weighted by Crippen LogP contribution is 2.32. The van der Waals surface area contributed by atoms with Crippen LogP contribution in [-0.2, 0) is 0 Å². The van der Waals surface area contributed by atoms with Crippen LogP contribution in [0.2, 0.25) is 0 Å². The number of aromatic nitrogens is 3. The van der Waals surface area contributed by atoms with Crippen molar-refractivity contribution in [3.05, 3.63) is 70.2 Å². The molecule has 0 atom stereocenters. The van der Waals surface area contributed by atoms with Crippen LogP contribution >= 0.6 is 0 Å². The number of carbonyl (C=O) groups is 1. The molecule has 0 aliphatic rings. The maximum absolute atomic E-state index is 11.6. The number of anilines is 4. The van der Waals surface area contributed by atoms with Gasteiger partial charge in [0.1, 0.15) is 12.1 Å². The van der Waals surface area contributed by atoms with Crippen LogP contribution in [0.4, 0.5) is 28.8 Å². The molecule has 0 amide bonds. The summed E-state index contributed by atoms with van der Waals surface area (Å²) >= 11 is 0. The summed E-state index contributed by atoms with van der Waals surface area (Å²) in [5.41, 5.74) is 1.75. The zero-order valence-corrected chi connectivity index (χ0v) is 14.6. The van der Waals surface area contributed by atoms with Crippen LogP contribution in [0.25, 0.3) is 0 Å². The third kappa shape index (κ3) is 4.21. The molecule has 0 bridgehead atoms. The van der Waals surface area contributed by atoms with E-state index >= 15 is 0 Å². The number of aryl methyl sites for hydroxylation is 1. The third-order valence-electron chi connectivity index (χ3n) is 3.72. The molecule has 0 radical (unpaired) electrons. The van der Waals surface area contributed by atoms with E-state index in [2.05, 4.69) is 25.6 Å². The van der Waals surface area contributed by atoms with Gasteiger partial charge in [0.15, 0.2) is 5.78 Å². The van der Waals surface area contributed by atoms with Crippen molar-refractivity contribution in [3.63, 3.8) is 0 Å². The van der Waals surface area contributed by atoms with Crippen LogP contribution in [0, 0.1) is 17.0 Å². The molecule has 0 spiro atoms. The van der Waals surface area contributed by atoms with E-state index in [0.717, 1.165) is 5.56 Å². The quantitative estimate of drug-likeness (QED) is 0.385. The minimum Gasteiger partial charge on any atom is -0.334 e. The van der Waals surface area contributed by atoms with E-state index in [-0.39, 0.29) is 23.1 Å². The largest absolute Gasteiger partial charge is 0.353 e. The zero-order valence-electron chi connectivity index (χ0n) is 14.6. The lowest BCUT2D eigenvalue weighted by Crippen LogP contribution is -2.06. The van der Waals surface area contributed by atoms with E-state index in [1.54, 1.807) is 36.5 Å². The molecule has 27 heavy (non-hydrogen) atoms. The Bertz CT molecular complexity index is 1000. The fourth-order valence-electron chi connectivity index (χ4n) is 2.39. The summed E-state index contributed by atoms with van der Waals surface area (Å²) < 4.78 is 0. The Labute approximate surface area is 154 Å². The molecule has 0 aliphatic carbocycles. The first-order chi connectivity index (χ1) is 12.9. The lowest BCUT2D eigenvalue weighted by molar-refractivity contribution is -0.383. The number of hydrogen-bond acceptors (Lipinski definition) is 8. The highest BCUT2D eigenvalue weighted by molar-refractivity contribution is 5.94. The van der Waals surface area contributed by atoms with Crippen molar-refractivity contribution in [1.82, 2.24) is 15.0 Å². The molecule has 0 unspecified atom stereocenters. The van der Waals surface area contributed by atoms with Crippen molar-refractivity contribution in [2.45, 2.75) is 13.8 Å². The van der Waals surface area contributed by atoms with Crippen LogP contribution in [0.5, 0.6) is 0 Å². The van der Waals surface area contributed by atoms with Gasteiger partial charge in [0.05, 0.1) is 4.92 Å². The Kier molecular flexibility index (Phi) is 5.02. The fraction of sp³-hybridized carbons (Fsp3) is 0.111. The number of nitrogens with one attached hydrogen (secondary N) is 2. The second-order valence-electron chi connectivity index (χ2n) is 5.78. The van der Waals surface area contributed by atoms with Gasteiger partial charge in [-0.3, -0.25) is 14.9 Å². The van der Waals surface area contributed by atoms with E-state index in [1.165, 1.54) is 13.3 Å². The van der Waals surface area contributed by atoms with Crippen molar-refractivity contribution in [2.24, 2.45) is 0 Å². The predicted octanol–water partition coefficient (Wildman–Crippen LogP) is 3.78. The summed E-state index contributed by atoms with van der Waals surface area (Å²) in [6, 6.07) is 10.1. The normalized spacial score (nSPS) is 10.3. The minimum absolute atomic E-state index is 0.0240. The Morgan fingerprint density at radius 1 is 1.04 bits per heavy atom. The van der Waals surface area contributed by atoms with Gasteiger partial charge < -0.3 is 10.6 Å². The molecular weight excluding hydrogens is 348 g/mol. The van der Waals surface area contributed by atoms with Gasteiger partial charge in [0.2, 0.25) is 11.6 Å². The summed E-state index contributed by atoms with van der Waals surface area (Å²) in [6.45, 7) is 3.36. The molecule has 0 saturated heterocycles. The van der Waals surface area contributed by atoms with E-state index in [9.17, 15) is 14.9 Å². The van der Waals surface area contributed by atoms with Gasteiger partial charge in [-0.15, -0.1) is 0 Å². The maximum Gasteiger partial charge on any atom is 0.353 e. The first-order valence-corrected chi connectivity index (χ1v) is 8.01. The van der Waals surface area contributed by atoms with Gasteiger partial charge >= 0.3 is 5.69 Å². The summed E-state index contributed by atoms with van der Waals surface area (Å²) in [6.07, 6.45) is 2.82. The van der Waals surface area contributed by atoms with Crippen LogP contribution in [-0.4, -0.2) is 25.7 Å². The molecular formula is C18H16N6O3. The zero-order chi connectivity index (χ0) is 19.4. The molecule has 1 aromatic carbocycles. The molecule has 136 valence electrons. The number of hydrogen-bond donors (Lipinski definition) is 2. The van der Waals surface area contributed by atoms with Gasteiger partial charge in [-0.1, -0.05) is 0 Å². The van der Waals surface area contributed by atoms with E-state index in [4.69, 9.17) is 0 Å². The first-order valence-electron chi connectivity index (χ1n) is 8.01. The van der Waals surface area contributed by atoms with Gasteiger partial charge in [-0.05, 0) is 55.8 Å². The molecule has 2 N–H and O–H groups in total. The Balaban J connectivity index is 1.93. The summed E-state index contributed by atoms with van der Waals surface area (Å²) in [5, 5.41) is 17.4. The monoisotopic (exact) mass is 364 g/mol. The number of rotatable bonds is 6. The topological polar surface area (TPSA) is 123 Å². The van der Waals surface area contributed by atoms with Gasteiger partial charge in [0, 0.05) is 17.4 Å². The Hall–Kier alpha value is -3.88. The predicted molar refractivity (Wildman–Crippen MR) is 101 cm³/mol. The molecule has 0 aliphatic heterocycles. The number of nitrogens with zero attached hydrogens (tertiary/aromatic N) is 4. The van der Waals surface area contributed by atoms with Crippen molar-refractivity contribution in [1.29, 1.82) is 0 Å². The maximum atomic E-state index is 11.6. The SMILES string of the molecule is CC(=O)c1ccc(Nc2ncnc(Nc3cc(C)ccn3)c2[N+](=O)[O-])cc1. The smallest absolute Gasteiger partial charge is 0.334 e. The molecule has 9 nitrogen and oxygen atoms in total. The highest BCUT2D eigenvalue weighted by atomic mass is 16.6. The molecule has 2 heterocycles. The molecule has 0 fully saturated rings. The van der Waals surface area contributed by atoms with Gasteiger partial charge in [-0.2, -0.15) is 0 Å². The van der Waals surface area contributed by atoms with E-state index in [1.807, 2.05) is 13.0 Å².